The highest BCUT2D eigenvalue weighted by Gasteiger charge is 2.19. The van der Waals surface area contributed by atoms with Crippen LogP contribution >= 0.6 is 0 Å². The molecular formula is C13H16N2. The van der Waals surface area contributed by atoms with Gasteiger partial charge >= 0.3 is 0 Å². The Labute approximate surface area is 91.1 Å². The molecule has 0 fully saturated rings. The van der Waals surface area contributed by atoms with Crippen molar-refractivity contribution < 1.29 is 0 Å². The fraction of sp³-hybridized carbons (Fsp3) is 0.462. The van der Waals surface area contributed by atoms with Gasteiger partial charge in [0.25, 0.3) is 0 Å². The maximum atomic E-state index is 9.01. The first-order chi connectivity index (χ1) is 7.22. The first kappa shape index (κ1) is 10.2. The minimum absolute atomic E-state index is 0.587. The second-order valence-corrected chi connectivity index (χ2v) is 4.37. The molecule has 0 spiro atoms. The van der Waals surface area contributed by atoms with Gasteiger partial charge in [0.15, 0.2) is 0 Å². The van der Waals surface area contributed by atoms with Crippen LogP contribution in [0.3, 0.4) is 0 Å². The van der Waals surface area contributed by atoms with E-state index in [0.717, 1.165) is 25.1 Å². The Balaban J connectivity index is 2.32. The normalized spacial score (nSPS) is 16.1. The quantitative estimate of drug-likeness (QED) is 0.695. The van der Waals surface area contributed by atoms with Crippen molar-refractivity contribution in [3.05, 3.63) is 34.9 Å². The predicted octanol–water partition coefficient (Wildman–Crippen LogP) is 2.32. The van der Waals surface area contributed by atoms with Gasteiger partial charge in [-0.05, 0) is 37.5 Å². The minimum Gasteiger partial charge on any atom is -0.296 e. The fourth-order valence-electron chi connectivity index (χ4n) is 2.18. The summed E-state index contributed by atoms with van der Waals surface area (Å²) in [5.74, 6) is 0. The zero-order valence-electron chi connectivity index (χ0n) is 9.33. The van der Waals surface area contributed by atoms with Crippen LogP contribution in [-0.2, 0) is 13.0 Å². The van der Waals surface area contributed by atoms with Gasteiger partial charge in [-0.1, -0.05) is 12.1 Å². The monoisotopic (exact) mass is 200 g/mol. The molecule has 0 aromatic heterocycles. The smallest absolute Gasteiger partial charge is 0.0994 e. The molecule has 1 heterocycles. The zero-order chi connectivity index (χ0) is 10.8. The largest absolute Gasteiger partial charge is 0.296 e. The van der Waals surface area contributed by atoms with E-state index in [2.05, 4.69) is 30.9 Å². The van der Waals surface area contributed by atoms with Crippen molar-refractivity contribution in [2.45, 2.75) is 32.9 Å². The zero-order valence-corrected chi connectivity index (χ0v) is 9.33. The Morgan fingerprint density at radius 3 is 2.87 bits per heavy atom. The topological polar surface area (TPSA) is 27.0 Å². The van der Waals surface area contributed by atoms with Crippen LogP contribution < -0.4 is 0 Å². The molecule has 0 bridgehead atoms. The van der Waals surface area contributed by atoms with Gasteiger partial charge in [-0.25, -0.2) is 0 Å². The first-order valence-corrected chi connectivity index (χ1v) is 5.47. The number of nitriles is 1. The van der Waals surface area contributed by atoms with Crippen molar-refractivity contribution in [1.82, 2.24) is 4.90 Å². The van der Waals surface area contributed by atoms with E-state index in [1.165, 1.54) is 11.1 Å². The lowest BCUT2D eigenvalue weighted by molar-refractivity contribution is 0.203. The Kier molecular flexibility index (Phi) is 2.75. The first-order valence-electron chi connectivity index (χ1n) is 5.47. The van der Waals surface area contributed by atoms with Crippen LogP contribution in [0.2, 0.25) is 0 Å². The van der Waals surface area contributed by atoms with Gasteiger partial charge in [0.1, 0.15) is 0 Å². The van der Waals surface area contributed by atoms with E-state index in [9.17, 15) is 0 Å². The molecule has 2 rings (SSSR count). The second kappa shape index (κ2) is 4.04. The lowest BCUT2D eigenvalue weighted by Crippen LogP contribution is -2.36. The van der Waals surface area contributed by atoms with Crippen molar-refractivity contribution in [2.75, 3.05) is 6.54 Å². The average molecular weight is 200 g/mol. The summed E-state index contributed by atoms with van der Waals surface area (Å²) in [6.45, 7) is 6.50. The van der Waals surface area contributed by atoms with Crippen molar-refractivity contribution in [3.8, 4) is 6.07 Å². The highest BCUT2D eigenvalue weighted by Crippen LogP contribution is 2.23. The van der Waals surface area contributed by atoms with E-state index >= 15 is 0 Å². The maximum Gasteiger partial charge on any atom is 0.0994 e. The van der Waals surface area contributed by atoms with Gasteiger partial charge in [0, 0.05) is 19.1 Å². The van der Waals surface area contributed by atoms with Crippen LogP contribution in [0.15, 0.2) is 18.2 Å². The van der Waals surface area contributed by atoms with Crippen molar-refractivity contribution in [3.63, 3.8) is 0 Å². The molecule has 78 valence electrons. The predicted molar refractivity (Wildman–Crippen MR) is 60.4 cm³/mol. The SMILES string of the molecule is CC(C)N1CCc2c(C#N)cccc2C1. The molecular weight excluding hydrogens is 184 g/mol. The standard InChI is InChI=1S/C13H16N2/c1-10(2)15-7-6-13-11(8-14)4-3-5-12(13)9-15/h3-5,10H,6-7,9H2,1-2H3. The molecule has 0 N–H and O–H groups in total. The van der Waals surface area contributed by atoms with Crippen LogP contribution in [0, 0.1) is 11.3 Å². The number of rotatable bonds is 1. The molecule has 0 aliphatic carbocycles. The van der Waals surface area contributed by atoms with Crippen LogP contribution in [0.25, 0.3) is 0 Å². The minimum atomic E-state index is 0.587. The van der Waals surface area contributed by atoms with Crippen LogP contribution in [-0.4, -0.2) is 17.5 Å². The molecule has 0 unspecified atom stereocenters. The van der Waals surface area contributed by atoms with Gasteiger partial charge in [-0.2, -0.15) is 5.26 Å². The lowest BCUT2D eigenvalue weighted by Gasteiger charge is -2.32. The van der Waals surface area contributed by atoms with E-state index in [0.29, 0.717) is 6.04 Å². The van der Waals surface area contributed by atoms with Gasteiger partial charge in [0.2, 0.25) is 0 Å². The molecule has 0 atom stereocenters. The summed E-state index contributed by atoms with van der Waals surface area (Å²) in [6, 6.07) is 8.92. The Morgan fingerprint density at radius 2 is 2.20 bits per heavy atom. The molecule has 1 aromatic carbocycles. The number of hydrogen-bond donors (Lipinski definition) is 0. The van der Waals surface area contributed by atoms with E-state index < -0.39 is 0 Å². The summed E-state index contributed by atoms with van der Waals surface area (Å²) >= 11 is 0. The van der Waals surface area contributed by atoms with Gasteiger partial charge in [0.05, 0.1) is 11.6 Å². The third-order valence-electron chi connectivity index (χ3n) is 3.15. The van der Waals surface area contributed by atoms with Gasteiger partial charge < -0.3 is 0 Å². The molecule has 1 aliphatic heterocycles. The van der Waals surface area contributed by atoms with Crippen LogP contribution in [0.5, 0.6) is 0 Å². The third kappa shape index (κ3) is 1.88. The summed E-state index contributed by atoms with van der Waals surface area (Å²) < 4.78 is 0. The molecule has 2 nitrogen and oxygen atoms in total. The maximum absolute atomic E-state index is 9.01. The second-order valence-electron chi connectivity index (χ2n) is 4.37. The summed E-state index contributed by atoms with van der Waals surface area (Å²) in [6.07, 6.45) is 1.01. The van der Waals surface area contributed by atoms with E-state index in [1.807, 2.05) is 12.1 Å². The number of nitrogens with zero attached hydrogens (tertiary/aromatic N) is 2. The molecule has 2 heteroatoms. The molecule has 1 aromatic rings. The van der Waals surface area contributed by atoms with Crippen molar-refractivity contribution in [2.24, 2.45) is 0 Å². The fourth-order valence-corrected chi connectivity index (χ4v) is 2.18. The van der Waals surface area contributed by atoms with E-state index in [4.69, 9.17) is 5.26 Å². The average Bonchev–Trinajstić information content (AvgIpc) is 2.27. The Hall–Kier alpha value is -1.33. The molecule has 0 saturated heterocycles. The highest BCUT2D eigenvalue weighted by atomic mass is 15.1. The Morgan fingerprint density at radius 1 is 1.40 bits per heavy atom. The molecule has 0 amide bonds. The summed E-state index contributed by atoms with van der Waals surface area (Å²) in [5.41, 5.74) is 3.45. The van der Waals surface area contributed by atoms with Crippen LogP contribution in [0.4, 0.5) is 0 Å². The molecule has 0 saturated carbocycles. The lowest BCUT2D eigenvalue weighted by atomic mass is 9.94. The number of fused-ring (bicyclic) bond motifs is 1. The van der Waals surface area contributed by atoms with Gasteiger partial charge in [-0.15, -0.1) is 0 Å². The molecule has 1 aliphatic rings. The highest BCUT2D eigenvalue weighted by molar-refractivity contribution is 5.44. The summed E-state index contributed by atoms with van der Waals surface area (Å²) in [5, 5.41) is 9.01. The summed E-state index contributed by atoms with van der Waals surface area (Å²) in [4.78, 5) is 2.45. The van der Waals surface area contributed by atoms with Crippen molar-refractivity contribution >= 4 is 0 Å². The number of hydrogen-bond acceptors (Lipinski definition) is 2. The molecule has 0 radical (unpaired) electrons. The summed E-state index contributed by atoms with van der Waals surface area (Å²) in [7, 11) is 0. The van der Waals surface area contributed by atoms with E-state index in [-0.39, 0.29) is 0 Å². The molecule has 15 heavy (non-hydrogen) atoms. The van der Waals surface area contributed by atoms with Crippen LogP contribution in [0.1, 0.15) is 30.5 Å². The van der Waals surface area contributed by atoms with Crippen molar-refractivity contribution in [1.29, 1.82) is 5.26 Å². The number of benzene rings is 1. The van der Waals surface area contributed by atoms with Gasteiger partial charge in [-0.3, -0.25) is 4.90 Å². The van der Waals surface area contributed by atoms with E-state index in [1.54, 1.807) is 0 Å². The third-order valence-corrected chi connectivity index (χ3v) is 3.15. The Bertz CT molecular complexity index is 401.